The lowest BCUT2D eigenvalue weighted by Crippen LogP contribution is -2.00. The zero-order valence-corrected chi connectivity index (χ0v) is 9.68. The Bertz CT molecular complexity index is 401. The van der Waals surface area contributed by atoms with Crippen LogP contribution in [-0.2, 0) is 6.54 Å². The van der Waals surface area contributed by atoms with Crippen LogP contribution in [0.5, 0.6) is 0 Å². The first-order chi connectivity index (χ1) is 6.86. The first-order valence-electron chi connectivity index (χ1n) is 4.10. The third-order valence-electron chi connectivity index (χ3n) is 1.69. The van der Waals surface area contributed by atoms with Gasteiger partial charge in [0, 0.05) is 15.5 Å². The molecule has 2 aromatic heterocycles. The molecule has 2 heterocycles. The largest absolute Gasteiger partial charge is 0.364 e. The Hall–Kier alpha value is -0.940. The van der Waals surface area contributed by atoms with Crippen LogP contribution in [0.4, 0.5) is 5.82 Å². The summed E-state index contributed by atoms with van der Waals surface area (Å²) in [5.41, 5.74) is 0. The number of aromatic nitrogens is 2. The van der Waals surface area contributed by atoms with Crippen molar-refractivity contribution in [1.82, 2.24) is 10.2 Å². The van der Waals surface area contributed by atoms with Crippen LogP contribution in [0, 0.1) is 0 Å². The van der Waals surface area contributed by atoms with Crippen molar-refractivity contribution in [2.75, 3.05) is 5.32 Å². The van der Waals surface area contributed by atoms with E-state index < -0.39 is 0 Å². The molecular weight excluding hydrogens is 262 g/mol. The predicted molar refractivity (Wildman–Crippen MR) is 61.4 cm³/mol. The fourth-order valence-corrected chi connectivity index (χ4v) is 2.45. The van der Waals surface area contributed by atoms with Gasteiger partial charge in [-0.3, -0.25) is 0 Å². The van der Waals surface area contributed by atoms with E-state index in [0.29, 0.717) is 0 Å². The summed E-state index contributed by atoms with van der Waals surface area (Å²) in [5, 5.41) is 13.0. The zero-order valence-electron chi connectivity index (χ0n) is 7.27. The molecule has 0 aromatic carbocycles. The lowest BCUT2D eigenvalue weighted by Gasteiger charge is -2.02. The lowest BCUT2D eigenvalue weighted by atomic mass is 10.4. The van der Waals surface area contributed by atoms with Gasteiger partial charge in [-0.25, -0.2) is 0 Å². The number of anilines is 1. The van der Waals surface area contributed by atoms with Crippen molar-refractivity contribution in [3.63, 3.8) is 0 Å². The van der Waals surface area contributed by atoms with E-state index in [1.807, 2.05) is 18.2 Å². The second-order valence-electron chi connectivity index (χ2n) is 2.65. The summed E-state index contributed by atoms with van der Waals surface area (Å²) in [6, 6.07) is 5.80. The minimum absolute atomic E-state index is 0.775. The Balaban J connectivity index is 1.99. The molecule has 5 heteroatoms. The van der Waals surface area contributed by atoms with E-state index in [2.05, 4.69) is 36.8 Å². The van der Waals surface area contributed by atoms with Gasteiger partial charge in [-0.2, -0.15) is 5.10 Å². The highest BCUT2D eigenvalue weighted by Crippen LogP contribution is 2.23. The first kappa shape index (κ1) is 9.61. The van der Waals surface area contributed by atoms with E-state index in [1.165, 1.54) is 4.88 Å². The highest BCUT2D eigenvalue weighted by atomic mass is 79.9. The Kier molecular flexibility index (Phi) is 3.10. The van der Waals surface area contributed by atoms with Crippen LogP contribution < -0.4 is 5.32 Å². The van der Waals surface area contributed by atoms with E-state index in [4.69, 9.17) is 0 Å². The first-order valence-corrected chi connectivity index (χ1v) is 5.77. The molecule has 2 rings (SSSR count). The average molecular weight is 270 g/mol. The maximum Gasteiger partial charge on any atom is 0.148 e. The van der Waals surface area contributed by atoms with Crippen LogP contribution in [0.1, 0.15) is 4.88 Å². The number of halogens is 1. The fraction of sp³-hybridized carbons (Fsp3) is 0.111. The van der Waals surface area contributed by atoms with Crippen LogP contribution in [0.3, 0.4) is 0 Å². The molecule has 0 amide bonds. The van der Waals surface area contributed by atoms with Gasteiger partial charge in [-0.05, 0) is 39.5 Å². The predicted octanol–water partition coefficient (Wildman–Crippen LogP) is 2.91. The van der Waals surface area contributed by atoms with E-state index in [-0.39, 0.29) is 0 Å². The zero-order chi connectivity index (χ0) is 9.80. The summed E-state index contributed by atoms with van der Waals surface area (Å²) in [4.78, 5) is 1.26. The van der Waals surface area contributed by atoms with Gasteiger partial charge < -0.3 is 5.32 Å². The Morgan fingerprint density at radius 2 is 2.36 bits per heavy atom. The third-order valence-corrected chi connectivity index (χ3v) is 3.62. The molecule has 0 spiro atoms. The molecule has 14 heavy (non-hydrogen) atoms. The molecule has 0 radical (unpaired) electrons. The summed E-state index contributed by atoms with van der Waals surface area (Å²) in [7, 11) is 0. The lowest BCUT2D eigenvalue weighted by molar-refractivity contribution is 1.00. The minimum Gasteiger partial charge on any atom is -0.364 e. The van der Waals surface area contributed by atoms with E-state index in [9.17, 15) is 0 Å². The number of nitrogens with zero attached hydrogens (tertiary/aromatic N) is 2. The molecule has 0 aliphatic carbocycles. The minimum atomic E-state index is 0.775. The van der Waals surface area contributed by atoms with Gasteiger partial charge in [0.15, 0.2) is 0 Å². The van der Waals surface area contributed by atoms with Gasteiger partial charge in [0.2, 0.25) is 0 Å². The van der Waals surface area contributed by atoms with Gasteiger partial charge in [0.05, 0.1) is 6.54 Å². The van der Waals surface area contributed by atoms with Gasteiger partial charge in [0.1, 0.15) is 5.82 Å². The Labute approximate surface area is 94.3 Å². The molecule has 2 aromatic rings. The Morgan fingerprint density at radius 3 is 3.00 bits per heavy atom. The van der Waals surface area contributed by atoms with Crippen LogP contribution in [-0.4, -0.2) is 10.2 Å². The van der Waals surface area contributed by atoms with Gasteiger partial charge in [-0.15, -0.1) is 16.4 Å². The summed E-state index contributed by atoms with van der Waals surface area (Å²) in [5.74, 6) is 0.799. The molecule has 3 nitrogen and oxygen atoms in total. The summed E-state index contributed by atoms with van der Waals surface area (Å²) < 4.78 is 1.14. The smallest absolute Gasteiger partial charge is 0.148 e. The van der Waals surface area contributed by atoms with E-state index in [0.717, 1.165) is 16.8 Å². The molecule has 0 saturated heterocycles. The number of rotatable bonds is 3. The van der Waals surface area contributed by atoms with Crippen LogP contribution in [0.2, 0.25) is 0 Å². The molecule has 0 saturated carbocycles. The maximum absolute atomic E-state index is 3.94. The molecular formula is C9H8BrN3S. The van der Waals surface area contributed by atoms with Crippen LogP contribution in [0.15, 0.2) is 34.2 Å². The van der Waals surface area contributed by atoms with Crippen molar-refractivity contribution in [3.8, 4) is 0 Å². The summed E-state index contributed by atoms with van der Waals surface area (Å²) in [6.07, 6.45) is 1.66. The number of nitrogens with one attached hydrogen (secondary N) is 1. The summed E-state index contributed by atoms with van der Waals surface area (Å²) in [6.45, 7) is 0.775. The molecule has 0 unspecified atom stereocenters. The highest BCUT2D eigenvalue weighted by Gasteiger charge is 2.00. The number of hydrogen-bond acceptors (Lipinski definition) is 4. The van der Waals surface area contributed by atoms with Crippen molar-refractivity contribution in [2.45, 2.75) is 6.54 Å². The van der Waals surface area contributed by atoms with Gasteiger partial charge >= 0.3 is 0 Å². The topological polar surface area (TPSA) is 37.8 Å². The normalized spacial score (nSPS) is 10.1. The summed E-state index contributed by atoms with van der Waals surface area (Å²) >= 11 is 5.19. The second-order valence-corrected chi connectivity index (χ2v) is 4.51. The molecule has 72 valence electrons. The quantitative estimate of drug-likeness (QED) is 0.931. The standard InChI is InChI=1S/C9H8BrN3S/c10-7-3-5-14-8(7)6-11-9-2-1-4-12-13-9/h1-5H,6H2,(H,11,13). The average Bonchev–Trinajstić information content (AvgIpc) is 2.63. The second kappa shape index (κ2) is 4.52. The van der Waals surface area contributed by atoms with Crippen molar-refractivity contribution in [1.29, 1.82) is 0 Å². The van der Waals surface area contributed by atoms with Crippen LogP contribution in [0.25, 0.3) is 0 Å². The SMILES string of the molecule is Brc1ccsc1CNc1cccnn1. The van der Waals surface area contributed by atoms with Crippen molar-refractivity contribution < 1.29 is 0 Å². The van der Waals surface area contributed by atoms with Crippen molar-refractivity contribution >= 4 is 33.1 Å². The maximum atomic E-state index is 3.94. The monoisotopic (exact) mass is 269 g/mol. The third kappa shape index (κ3) is 2.30. The fourth-order valence-electron chi connectivity index (χ4n) is 1.02. The molecule has 0 atom stereocenters. The van der Waals surface area contributed by atoms with Gasteiger partial charge in [0.25, 0.3) is 0 Å². The number of hydrogen-bond donors (Lipinski definition) is 1. The van der Waals surface area contributed by atoms with E-state index in [1.54, 1.807) is 17.5 Å². The van der Waals surface area contributed by atoms with Crippen molar-refractivity contribution in [2.24, 2.45) is 0 Å². The molecule has 0 bridgehead atoms. The highest BCUT2D eigenvalue weighted by molar-refractivity contribution is 9.10. The van der Waals surface area contributed by atoms with Crippen LogP contribution >= 0.6 is 27.3 Å². The van der Waals surface area contributed by atoms with Crippen molar-refractivity contribution in [3.05, 3.63) is 39.1 Å². The molecule has 0 aliphatic rings. The van der Waals surface area contributed by atoms with E-state index >= 15 is 0 Å². The number of thiophene rings is 1. The molecule has 0 fully saturated rings. The van der Waals surface area contributed by atoms with Gasteiger partial charge in [-0.1, -0.05) is 0 Å². The Morgan fingerprint density at radius 1 is 1.43 bits per heavy atom. The molecule has 0 aliphatic heterocycles. The molecule has 1 N–H and O–H groups in total.